The highest BCUT2D eigenvalue weighted by molar-refractivity contribution is 7.86. The highest BCUT2D eigenvalue weighted by Crippen LogP contribution is 2.45. The van der Waals surface area contributed by atoms with E-state index in [2.05, 4.69) is 31.9 Å². The van der Waals surface area contributed by atoms with Crippen LogP contribution in [-0.2, 0) is 16.6 Å². The quantitative estimate of drug-likeness (QED) is 0.698. The van der Waals surface area contributed by atoms with E-state index in [4.69, 9.17) is 0 Å². The molecule has 0 amide bonds. The molecular formula is C24H31FN4O2S. The van der Waals surface area contributed by atoms with Gasteiger partial charge in [-0.25, -0.2) is 9.07 Å². The fraction of sp³-hybridized carbons (Fsp3) is 0.542. The van der Waals surface area contributed by atoms with Crippen LogP contribution in [0.25, 0.3) is 11.8 Å². The van der Waals surface area contributed by atoms with Crippen molar-refractivity contribution in [2.45, 2.75) is 46.5 Å². The van der Waals surface area contributed by atoms with Crippen LogP contribution in [0, 0.1) is 16.6 Å². The first kappa shape index (κ1) is 21.8. The normalized spacial score (nSPS) is 26.3. The first-order valence-corrected chi connectivity index (χ1v) is 12.8. The third-order valence-electron chi connectivity index (χ3n) is 7.51. The standard InChI is InChI=1S/C24H31FN4O2S/c1-23(2)9-12-27(13-10-23)32(30,31)28-11-8-19-14-22-18(15-24(19,3)17-28)16-26-29(22)21-6-4-20(25)5-7-21/h4-7,14,16H,8-13,15,17H2,1-3H3. The van der Waals surface area contributed by atoms with Gasteiger partial charge in [-0.2, -0.15) is 22.1 Å². The molecule has 0 N–H and O–H groups in total. The molecule has 2 fully saturated rings. The number of piperidine rings is 2. The lowest BCUT2D eigenvalue weighted by molar-refractivity contribution is 0.173. The molecule has 3 heterocycles. The number of halogens is 1. The minimum absolute atomic E-state index is 0.209. The minimum atomic E-state index is -3.46. The molecule has 8 heteroatoms. The van der Waals surface area contributed by atoms with Gasteiger partial charge in [0.25, 0.3) is 10.2 Å². The van der Waals surface area contributed by atoms with Gasteiger partial charge in [0.15, 0.2) is 0 Å². The van der Waals surface area contributed by atoms with E-state index in [1.165, 1.54) is 17.7 Å². The number of fused-ring (bicyclic) bond motifs is 2. The lowest BCUT2D eigenvalue weighted by atomic mass is 9.70. The SMILES string of the molecule is CC1(C)CCN(S(=O)(=O)N2CCC3=Cc4c(cnn4-c4ccc(F)cc4)CC3(C)C2)CC1. The summed E-state index contributed by atoms with van der Waals surface area (Å²) in [6.45, 7) is 8.77. The fourth-order valence-electron chi connectivity index (χ4n) is 5.27. The summed E-state index contributed by atoms with van der Waals surface area (Å²) in [5.74, 6) is -0.272. The molecule has 1 atom stereocenters. The second-order valence-electron chi connectivity index (χ2n) is 10.5. The summed E-state index contributed by atoms with van der Waals surface area (Å²) in [4.78, 5) is 0. The van der Waals surface area contributed by atoms with Crippen molar-refractivity contribution in [3.8, 4) is 5.69 Å². The second kappa shape index (κ2) is 7.50. The Labute approximate surface area is 189 Å². The van der Waals surface area contributed by atoms with E-state index < -0.39 is 10.2 Å². The Morgan fingerprint density at radius 2 is 1.69 bits per heavy atom. The molecule has 0 radical (unpaired) electrons. The van der Waals surface area contributed by atoms with Gasteiger partial charge in [-0.3, -0.25) is 0 Å². The lowest BCUT2D eigenvalue weighted by Gasteiger charge is -2.46. The van der Waals surface area contributed by atoms with Crippen molar-refractivity contribution in [2.24, 2.45) is 10.8 Å². The van der Waals surface area contributed by atoms with Crippen LogP contribution < -0.4 is 0 Å². The molecule has 172 valence electrons. The lowest BCUT2D eigenvalue weighted by Crippen LogP contribution is -2.54. The molecule has 0 saturated carbocycles. The molecule has 1 aliphatic carbocycles. The van der Waals surface area contributed by atoms with E-state index in [1.807, 2.05) is 10.9 Å². The van der Waals surface area contributed by atoms with Crippen LogP contribution in [0.1, 0.15) is 51.3 Å². The molecule has 2 aliphatic heterocycles. The highest BCUT2D eigenvalue weighted by atomic mass is 32.2. The Balaban J connectivity index is 1.39. The number of hydrogen-bond acceptors (Lipinski definition) is 3. The van der Waals surface area contributed by atoms with Gasteiger partial charge in [-0.1, -0.05) is 26.3 Å². The van der Waals surface area contributed by atoms with Gasteiger partial charge in [0.2, 0.25) is 0 Å². The summed E-state index contributed by atoms with van der Waals surface area (Å²) < 4.78 is 45.4. The van der Waals surface area contributed by atoms with E-state index in [-0.39, 0.29) is 16.6 Å². The predicted molar refractivity (Wildman–Crippen MR) is 123 cm³/mol. The maximum absolute atomic E-state index is 13.4. The molecule has 0 spiro atoms. The number of aromatic nitrogens is 2. The molecule has 1 aromatic heterocycles. The molecule has 6 nitrogen and oxygen atoms in total. The monoisotopic (exact) mass is 458 g/mol. The average molecular weight is 459 g/mol. The summed E-state index contributed by atoms with van der Waals surface area (Å²) in [5, 5.41) is 4.55. The second-order valence-corrected chi connectivity index (χ2v) is 12.4. The van der Waals surface area contributed by atoms with Crippen LogP contribution in [0.4, 0.5) is 4.39 Å². The molecule has 0 bridgehead atoms. The van der Waals surface area contributed by atoms with Gasteiger partial charge >= 0.3 is 0 Å². The summed E-state index contributed by atoms with van der Waals surface area (Å²) in [5.41, 5.74) is 4.16. The van der Waals surface area contributed by atoms with Gasteiger partial charge in [-0.15, -0.1) is 0 Å². The van der Waals surface area contributed by atoms with Gasteiger partial charge in [0.05, 0.1) is 17.6 Å². The van der Waals surface area contributed by atoms with E-state index >= 15 is 0 Å². The first-order valence-electron chi connectivity index (χ1n) is 11.4. The van der Waals surface area contributed by atoms with Crippen molar-refractivity contribution in [3.05, 3.63) is 53.1 Å². The van der Waals surface area contributed by atoms with Crippen molar-refractivity contribution < 1.29 is 12.8 Å². The van der Waals surface area contributed by atoms with Crippen LogP contribution >= 0.6 is 0 Å². The van der Waals surface area contributed by atoms with Crippen LogP contribution in [-0.4, -0.2) is 53.0 Å². The Bertz CT molecular complexity index is 1160. The zero-order valence-electron chi connectivity index (χ0n) is 19.0. The van der Waals surface area contributed by atoms with Crippen molar-refractivity contribution in [1.82, 2.24) is 18.4 Å². The van der Waals surface area contributed by atoms with Crippen LogP contribution in [0.15, 0.2) is 36.0 Å². The van der Waals surface area contributed by atoms with E-state index in [9.17, 15) is 12.8 Å². The van der Waals surface area contributed by atoms with Crippen molar-refractivity contribution in [1.29, 1.82) is 0 Å². The Morgan fingerprint density at radius 3 is 2.38 bits per heavy atom. The summed E-state index contributed by atoms with van der Waals surface area (Å²) >= 11 is 0. The average Bonchev–Trinajstić information content (AvgIpc) is 3.13. The van der Waals surface area contributed by atoms with Gasteiger partial charge < -0.3 is 0 Å². The van der Waals surface area contributed by atoms with E-state index in [1.54, 1.807) is 20.7 Å². The summed E-state index contributed by atoms with van der Waals surface area (Å²) in [7, 11) is -3.46. The van der Waals surface area contributed by atoms with Crippen LogP contribution in [0.2, 0.25) is 0 Å². The van der Waals surface area contributed by atoms with Crippen molar-refractivity contribution >= 4 is 16.3 Å². The number of benzene rings is 1. The fourth-order valence-corrected chi connectivity index (χ4v) is 7.01. The number of nitrogens with zero attached hydrogens (tertiary/aromatic N) is 4. The third kappa shape index (κ3) is 3.72. The predicted octanol–water partition coefficient (Wildman–Crippen LogP) is 4.03. The highest BCUT2D eigenvalue weighted by Gasteiger charge is 2.44. The number of hydrogen-bond donors (Lipinski definition) is 0. The zero-order chi connectivity index (χ0) is 22.7. The topological polar surface area (TPSA) is 58.4 Å². The summed E-state index contributed by atoms with van der Waals surface area (Å²) in [6.07, 6.45) is 7.28. The molecular weight excluding hydrogens is 427 g/mol. The molecule has 3 aliphatic rings. The maximum atomic E-state index is 13.4. The van der Waals surface area contributed by atoms with Crippen LogP contribution in [0.5, 0.6) is 0 Å². The minimum Gasteiger partial charge on any atom is -0.233 e. The molecule has 1 unspecified atom stereocenters. The van der Waals surface area contributed by atoms with Crippen LogP contribution in [0.3, 0.4) is 0 Å². The van der Waals surface area contributed by atoms with Gasteiger partial charge in [-0.05, 0) is 67.0 Å². The maximum Gasteiger partial charge on any atom is 0.282 e. The van der Waals surface area contributed by atoms with E-state index in [0.717, 1.165) is 36.2 Å². The summed E-state index contributed by atoms with van der Waals surface area (Å²) in [6, 6.07) is 6.33. The Hall–Kier alpha value is -2.03. The van der Waals surface area contributed by atoms with E-state index in [0.29, 0.717) is 32.6 Å². The molecule has 2 aromatic rings. The Kier molecular flexibility index (Phi) is 5.11. The van der Waals surface area contributed by atoms with Crippen molar-refractivity contribution in [3.63, 3.8) is 0 Å². The van der Waals surface area contributed by atoms with Gasteiger partial charge in [0, 0.05) is 31.6 Å². The molecule has 32 heavy (non-hydrogen) atoms. The van der Waals surface area contributed by atoms with Crippen molar-refractivity contribution in [2.75, 3.05) is 26.2 Å². The van der Waals surface area contributed by atoms with Gasteiger partial charge in [0.1, 0.15) is 5.82 Å². The zero-order valence-corrected chi connectivity index (χ0v) is 19.8. The largest absolute Gasteiger partial charge is 0.282 e. The smallest absolute Gasteiger partial charge is 0.233 e. The number of rotatable bonds is 3. The Morgan fingerprint density at radius 1 is 1.00 bits per heavy atom. The molecule has 5 rings (SSSR count). The third-order valence-corrected chi connectivity index (χ3v) is 9.49. The molecule has 2 saturated heterocycles. The first-order chi connectivity index (χ1) is 15.1. The molecule has 1 aromatic carbocycles.